The summed E-state index contributed by atoms with van der Waals surface area (Å²) in [4.78, 5) is 6.57. The summed E-state index contributed by atoms with van der Waals surface area (Å²) >= 11 is 0. The number of anilines is 2. The van der Waals surface area contributed by atoms with Gasteiger partial charge >= 0.3 is 0 Å². The second-order valence-electron chi connectivity index (χ2n) is 4.29. The van der Waals surface area contributed by atoms with Gasteiger partial charge in [-0.25, -0.2) is 0 Å². The Morgan fingerprint density at radius 1 is 1.06 bits per heavy atom. The van der Waals surface area contributed by atoms with E-state index >= 15 is 0 Å². The van der Waals surface area contributed by atoms with E-state index < -0.39 is 0 Å². The topological polar surface area (TPSA) is 42.1 Å². The molecule has 3 nitrogen and oxygen atoms in total. The van der Waals surface area contributed by atoms with Gasteiger partial charge in [-0.15, -0.1) is 0 Å². The second-order valence-corrected chi connectivity index (χ2v) is 4.29. The molecule has 0 bridgehead atoms. The SMILES string of the molecule is CCN(c1ccc(C)cc1)c1ccc(CN)nc1. The van der Waals surface area contributed by atoms with Crippen molar-refractivity contribution < 1.29 is 0 Å². The van der Waals surface area contributed by atoms with E-state index in [4.69, 9.17) is 5.73 Å². The number of aromatic nitrogens is 1. The number of rotatable bonds is 4. The van der Waals surface area contributed by atoms with Crippen molar-refractivity contribution in [2.24, 2.45) is 5.73 Å². The predicted octanol–water partition coefficient (Wildman–Crippen LogP) is 3.01. The van der Waals surface area contributed by atoms with Gasteiger partial charge in [-0.05, 0) is 38.1 Å². The third-order valence-corrected chi connectivity index (χ3v) is 2.99. The monoisotopic (exact) mass is 241 g/mol. The number of benzene rings is 1. The van der Waals surface area contributed by atoms with E-state index in [1.54, 1.807) is 0 Å². The zero-order valence-electron chi connectivity index (χ0n) is 10.9. The number of hydrogen-bond acceptors (Lipinski definition) is 3. The molecule has 0 atom stereocenters. The van der Waals surface area contributed by atoms with Gasteiger partial charge in [0.05, 0.1) is 17.6 Å². The zero-order valence-corrected chi connectivity index (χ0v) is 10.9. The zero-order chi connectivity index (χ0) is 13.0. The van der Waals surface area contributed by atoms with Gasteiger partial charge in [-0.1, -0.05) is 17.7 Å². The third-order valence-electron chi connectivity index (χ3n) is 2.99. The molecule has 2 N–H and O–H groups in total. The second kappa shape index (κ2) is 5.65. The van der Waals surface area contributed by atoms with E-state index in [0.717, 1.165) is 17.9 Å². The van der Waals surface area contributed by atoms with Crippen LogP contribution in [0.25, 0.3) is 0 Å². The maximum Gasteiger partial charge on any atom is 0.0597 e. The van der Waals surface area contributed by atoms with Gasteiger partial charge in [0.2, 0.25) is 0 Å². The van der Waals surface area contributed by atoms with E-state index in [2.05, 4.69) is 54.1 Å². The highest BCUT2D eigenvalue weighted by atomic mass is 15.1. The summed E-state index contributed by atoms with van der Waals surface area (Å²) in [5.41, 5.74) is 10.0. The fraction of sp³-hybridized carbons (Fsp3) is 0.267. The maximum atomic E-state index is 5.56. The molecule has 0 aliphatic rings. The molecule has 0 unspecified atom stereocenters. The number of hydrogen-bond donors (Lipinski definition) is 1. The summed E-state index contributed by atoms with van der Waals surface area (Å²) in [5, 5.41) is 0. The molecule has 0 saturated carbocycles. The first-order valence-corrected chi connectivity index (χ1v) is 6.23. The standard InChI is InChI=1S/C15H19N3/c1-3-18(14-7-4-12(2)5-8-14)15-9-6-13(10-16)17-11-15/h4-9,11H,3,10,16H2,1-2H3. The minimum atomic E-state index is 0.483. The number of nitrogens with zero attached hydrogens (tertiary/aromatic N) is 2. The number of aryl methyl sites for hydroxylation is 1. The van der Waals surface area contributed by atoms with Gasteiger partial charge in [0, 0.05) is 18.8 Å². The molecule has 3 heteroatoms. The first-order chi connectivity index (χ1) is 8.74. The lowest BCUT2D eigenvalue weighted by Gasteiger charge is -2.23. The quantitative estimate of drug-likeness (QED) is 0.894. The normalized spacial score (nSPS) is 10.4. The molecule has 2 aromatic rings. The van der Waals surface area contributed by atoms with Crippen molar-refractivity contribution in [3.63, 3.8) is 0 Å². The fourth-order valence-corrected chi connectivity index (χ4v) is 1.94. The van der Waals surface area contributed by atoms with Crippen molar-refractivity contribution in [1.82, 2.24) is 4.98 Å². The van der Waals surface area contributed by atoms with E-state index in [1.807, 2.05) is 12.3 Å². The van der Waals surface area contributed by atoms with Crippen LogP contribution in [-0.2, 0) is 6.54 Å². The van der Waals surface area contributed by atoms with Crippen molar-refractivity contribution in [2.75, 3.05) is 11.4 Å². The molecular formula is C15H19N3. The van der Waals surface area contributed by atoms with Crippen molar-refractivity contribution in [2.45, 2.75) is 20.4 Å². The first-order valence-electron chi connectivity index (χ1n) is 6.23. The smallest absolute Gasteiger partial charge is 0.0597 e. The van der Waals surface area contributed by atoms with Crippen LogP contribution in [0.4, 0.5) is 11.4 Å². The minimum Gasteiger partial charge on any atom is -0.341 e. The molecule has 0 radical (unpaired) electrons. The summed E-state index contributed by atoms with van der Waals surface area (Å²) < 4.78 is 0. The number of nitrogens with two attached hydrogens (primary N) is 1. The highest BCUT2D eigenvalue weighted by Crippen LogP contribution is 2.24. The Balaban J connectivity index is 2.29. The summed E-state index contributed by atoms with van der Waals surface area (Å²) in [6, 6.07) is 12.6. The molecule has 1 heterocycles. The van der Waals surface area contributed by atoms with Gasteiger partial charge in [0.25, 0.3) is 0 Å². The van der Waals surface area contributed by atoms with Crippen LogP contribution in [0.5, 0.6) is 0 Å². The minimum absolute atomic E-state index is 0.483. The lowest BCUT2D eigenvalue weighted by atomic mass is 10.2. The highest BCUT2D eigenvalue weighted by molar-refractivity contribution is 5.62. The average Bonchev–Trinajstić information content (AvgIpc) is 2.42. The van der Waals surface area contributed by atoms with Crippen LogP contribution in [0.15, 0.2) is 42.6 Å². The molecule has 0 aliphatic heterocycles. The molecule has 0 fully saturated rings. The van der Waals surface area contributed by atoms with E-state index in [1.165, 1.54) is 11.3 Å². The van der Waals surface area contributed by atoms with Crippen LogP contribution in [0.2, 0.25) is 0 Å². The largest absolute Gasteiger partial charge is 0.341 e. The maximum absolute atomic E-state index is 5.56. The summed E-state index contributed by atoms with van der Waals surface area (Å²) in [6.45, 7) is 5.62. The molecule has 94 valence electrons. The molecule has 0 spiro atoms. The Hall–Kier alpha value is -1.87. The van der Waals surface area contributed by atoms with Crippen LogP contribution in [0.1, 0.15) is 18.2 Å². The van der Waals surface area contributed by atoms with Crippen LogP contribution in [-0.4, -0.2) is 11.5 Å². The van der Waals surface area contributed by atoms with Crippen molar-refractivity contribution in [1.29, 1.82) is 0 Å². The molecule has 0 amide bonds. The Kier molecular flexibility index (Phi) is 3.95. The van der Waals surface area contributed by atoms with Gasteiger partial charge in [-0.3, -0.25) is 4.98 Å². The van der Waals surface area contributed by atoms with E-state index in [0.29, 0.717) is 6.54 Å². The van der Waals surface area contributed by atoms with E-state index in [9.17, 15) is 0 Å². The van der Waals surface area contributed by atoms with E-state index in [-0.39, 0.29) is 0 Å². The third kappa shape index (κ3) is 2.68. The predicted molar refractivity (Wildman–Crippen MR) is 76.0 cm³/mol. The van der Waals surface area contributed by atoms with Crippen LogP contribution < -0.4 is 10.6 Å². The van der Waals surface area contributed by atoms with Gasteiger partial charge in [0.1, 0.15) is 0 Å². The Morgan fingerprint density at radius 3 is 2.22 bits per heavy atom. The Labute approximate surface area is 108 Å². The summed E-state index contributed by atoms with van der Waals surface area (Å²) in [5.74, 6) is 0. The van der Waals surface area contributed by atoms with Crippen molar-refractivity contribution >= 4 is 11.4 Å². The fourth-order valence-electron chi connectivity index (χ4n) is 1.94. The van der Waals surface area contributed by atoms with Crippen molar-refractivity contribution in [3.8, 4) is 0 Å². The van der Waals surface area contributed by atoms with Gasteiger partial charge < -0.3 is 10.6 Å². The molecule has 1 aromatic carbocycles. The molecule has 18 heavy (non-hydrogen) atoms. The van der Waals surface area contributed by atoms with Crippen LogP contribution in [0.3, 0.4) is 0 Å². The Bertz CT molecular complexity index is 488. The van der Waals surface area contributed by atoms with Gasteiger partial charge in [-0.2, -0.15) is 0 Å². The number of pyridine rings is 1. The van der Waals surface area contributed by atoms with Crippen LogP contribution >= 0.6 is 0 Å². The molecule has 0 saturated heterocycles. The van der Waals surface area contributed by atoms with Gasteiger partial charge in [0.15, 0.2) is 0 Å². The Morgan fingerprint density at radius 2 is 1.72 bits per heavy atom. The van der Waals surface area contributed by atoms with Crippen LogP contribution in [0, 0.1) is 6.92 Å². The average molecular weight is 241 g/mol. The van der Waals surface area contributed by atoms with Crippen molar-refractivity contribution in [3.05, 3.63) is 53.9 Å². The summed E-state index contributed by atoms with van der Waals surface area (Å²) in [7, 11) is 0. The highest BCUT2D eigenvalue weighted by Gasteiger charge is 2.07. The lowest BCUT2D eigenvalue weighted by molar-refractivity contribution is 0.968. The lowest BCUT2D eigenvalue weighted by Crippen LogP contribution is -2.16. The molecule has 1 aromatic heterocycles. The molecule has 2 rings (SSSR count). The summed E-state index contributed by atoms with van der Waals surface area (Å²) in [6.07, 6.45) is 1.88. The molecular weight excluding hydrogens is 222 g/mol. The first kappa shape index (κ1) is 12.6. The molecule has 0 aliphatic carbocycles.